The highest BCUT2D eigenvalue weighted by Crippen LogP contribution is 2.37. The number of nitrogens with one attached hydrogen (secondary N) is 3. The number of fused-ring (bicyclic) bond motifs is 1. The lowest BCUT2D eigenvalue weighted by Crippen LogP contribution is -2.56. The summed E-state index contributed by atoms with van der Waals surface area (Å²) in [6, 6.07) is 21.8. The van der Waals surface area contributed by atoms with Gasteiger partial charge in [-0.25, -0.2) is 0 Å². The Hall–Kier alpha value is -4.33. The van der Waals surface area contributed by atoms with E-state index in [0.717, 1.165) is 41.0 Å². The summed E-state index contributed by atoms with van der Waals surface area (Å²) in [5.41, 5.74) is 5.67. The van der Waals surface area contributed by atoms with Crippen LogP contribution in [0.4, 0.5) is 17.1 Å². The molecule has 1 unspecified atom stereocenters. The van der Waals surface area contributed by atoms with Gasteiger partial charge in [0.1, 0.15) is 5.54 Å². The van der Waals surface area contributed by atoms with Crippen LogP contribution in [0.1, 0.15) is 59.8 Å². The molecule has 0 aromatic heterocycles. The minimum Gasteiger partial charge on any atom is -0.366 e. The molecule has 1 saturated heterocycles. The van der Waals surface area contributed by atoms with Crippen molar-refractivity contribution in [2.45, 2.75) is 51.6 Å². The van der Waals surface area contributed by atoms with Crippen molar-refractivity contribution in [3.8, 4) is 0 Å². The first kappa shape index (κ1) is 27.2. The van der Waals surface area contributed by atoms with Gasteiger partial charge in [-0.3, -0.25) is 14.4 Å². The molecule has 40 heavy (non-hydrogen) atoms. The monoisotopic (exact) mass is 539 g/mol. The van der Waals surface area contributed by atoms with Gasteiger partial charge in [-0.05, 0) is 75.1 Å². The molecule has 3 aromatic carbocycles. The van der Waals surface area contributed by atoms with Crippen molar-refractivity contribution in [1.29, 1.82) is 0 Å². The molecule has 208 valence electrons. The molecule has 0 radical (unpaired) electrons. The average Bonchev–Trinajstić information content (AvgIpc) is 3.60. The van der Waals surface area contributed by atoms with Gasteiger partial charge in [0, 0.05) is 24.8 Å². The molecule has 0 saturated carbocycles. The normalized spacial score (nSPS) is 16.4. The molecular formula is C32H37N5O3. The Morgan fingerprint density at radius 1 is 1.00 bits per heavy atom. The Labute approximate surface area is 235 Å². The zero-order valence-electron chi connectivity index (χ0n) is 23.6. The highest BCUT2D eigenvalue weighted by molar-refractivity contribution is 5.97. The van der Waals surface area contributed by atoms with E-state index < -0.39 is 5.54 Å². The molecule has 0 aliphatic carbocycles. The van der Waals surface area contributed by atoms with E-state index in [1.54, 1.807) is 20.9 Å². The number of amides is 3. The summed E-state index contributed by atoms with van der Waals surface area (Å²) < 4.78 is 0. The number of hydrogen-bond donors (Lipinski definition) is 3. The van der Waals surface area contributed by atoms with Crippen LogP contribution in [0, 0.1) is 6.92 Å². The molecule has 0 bridgehead atoms. The summed E-state index contributed by atoms with van der Waals surface area (Å²) in [5.74, 6) is -0.367. The van der Waals surface area contributed by atoms with E-state index in [-0.39, 0.29) is 30.2 Å². The lowest BCUT2D eigenvalue weighted by Gasteiger charge is -2.34. The third-order valence-corrected chi connectivity index (χ3v) is 7.78. The molecule has 5 rings (SSSR count). The van der Waals surface area contributed by atoms with Crippen molar-refractivity contribution in [3.05, 3.63) is 89.0 Å². The number of carbonyl (C=O) groups is 3. The number of likely N-dealkylation sites (tertiary alicyclic amines) is 1. The number of anilines is 3. The maximum absolute atomic E-state index is 13.6. The van der Waals surface area contributed by atoms with Crippen molar-refractivity contribution >= 4 is 34.8 Å². The molecule has 1 atom stereocenters. The summed E-state index contributed by atoms with van der Waals surface area (Å²) >= 11 is 0. The number of hydrogen-bond acceptors (Lipinski definition) is 5. The quantitative estimate of drug-likeness (QED) is 0.406. The van der Waals surface area contributed by atoms with E-state index in [4.69, 9.17) is 0 Å². The van der Waals surface area contributed by atoms with E-state index in [9.17, 15) is 14.4 Å². The van der Waals surface area contributed by atoms with Gasteiger partial charge in [0.05, 0.1) is 30.5 Å². The third kappa shape index (κ3) is 5.52. The van der Waals surface area contributed by atoms with Gasteiger partial charge >= 0.3 is 0 Å². The first-order valence-electron chi connectivity index (χ1n) is 13.8. The SMILES string of the molecule is CNC(=O)c1ccc2c(c1)NCN2c1ccc(CC(=O)NC(C)(C)C(=O)N2CCCC2c2ccc(C)cc2)cc1. The van der Waals surface area contributed by atoms with Crippen LogP contribution in [-0.2, 0) is 16.0 Å². The second-order valence-electron chi connectivity index (χ2n) is 11.2. The van der Waals surface area contributed by atoms with E-state index in [1.807, 2.05) is 47.4 Å². The number of nitrogens with zero attached hydrogens (tertiary/aromatic N) is 2. The Bertz CT molecular complexity index is 1420. The Morgan fingerprint density at radius 3 is 2.42 bits per heavy atom. The van der Waals surface area contributed by atoms with E-state index in [0.29, 0.717) is 18.8 Å². The first-order valence-corrected chi connectivity index (χ1v) is 13.8. The molecule has 0 spiro atoms. The first-order chi connectivity index (χ1) is 19.2. The van der Waals surface area contributed by atoms with Crippen LogP contribution in [0.3, 0.4) is 0 Å². The van der Waals surface area contributed by atoms with Crippen LogP contribution in [0.5, 0.6) is 0 Å². The lowest BCUT2D eigenvalue weighted by molar-refractivity contribution is -0.141. The van der Waals surface area contributed by atoms with Crippen LogP contribution in [0.2, 0.25) is 0 Å². The molecule has 1 fully saturated rings. The fourth-order valence-electron chi connectivity index (χ4n) is 5.61. The molecule has 8 nitrogen and oxygen atoms in total. The van der Waals surface area contributed by atoms with Crippen LogP contribution in [0.15, 0.2) is 66.7 Å². The van der Waals surface area contributed by atoms with Crippen LogP contribution in [0.25, 0.3) is 0 Å². The molecule has 2 aliphatic rings. The van der Waals surface area contributed by atoms with Crippen molar-refractivity contribution < 1.29 is 14.4 Å². The summed E-state index contributed by atoms with van der Waals surface area (Å²) in [6.45, 7) is 6.91. The molecule has 2 aliphatic heterocycles. The van der Waals surface area contributed by atoms with Crippen molar-refractivity contribution in [1.82, 2.24) is 15.5 Å². The van der Waals surface area contributed by atoms with E-state index >= 15 is 0 Å². The van der Waals surface area contributed by atoms with Crippen molar-refractivity contribution in [2.75, 3.05) is 30.5 Å². The van der Waals surface area contributed by atoms with Gasteiger partial charge in [-0.15, -0.1) is 0 Å². The maximum Gasteiger partial charge on any atom is 0.251 e. The predicted octanol–water partition coefficient (Wildman–Crippen LogP) is 4.68. The molecular weight excluding hydrogens is 502 g/mol. The van der Waals surface area contributed by atoms with E-state index in [1.165, 1.54) is 5.56 Å². The third-order valence-electron chi connectivity index (χ3n) is 7.78. The van der Waals surface area contributed by atoms with Gasteiger partial charge < -0.3 is 25.8 Å². The Kier molecular flexibility index (Phi) is 7.52. The van der Waals surface area contributed by atoms with E-state index in [2.05, 4.69) is 52.0 Å². The summed E-state index contributed by atoms with van der Waals surface area (Å²) in [5, 5.41) is 8.96. The standard InChI is InChI=1S/C32H37N5O3/c1-21-7-11-23(12-8-21)27-6-5-17-36(27)31(40)32(2,3)35-29(38)18-22-9-14-25(15-10-22)37-20-34-26-19-24(30(39)33-4)13-16-28(26)37/h7-16,19,27,34H,5-6,17-18,20H2,1-4H3,(H,33,39)(H,35,38). The Balaban J connectivity index is 1.21. The highest BCUT2D eigenvalue weighted by atomic mass is 16.2. The molecule has 3 N–H and O–H groups in total. The van der Waals surface area contributed by atoms with Gasteiger partial charge in [0.25, 0.3) is 5.91 Å². The summed E-state index contributed by atoms with van der Waals surface area (Å²) in [6.07, 6.45) is 2.06. The van der Waals surface area contributed by atoms with Gasteiger partial charge in [0.2, 0.25) is 11.8 Å². The fraction of sp³-hybridized carbons (Fsp3) is 0.344. The van der Waals surface area contributed by atoms with Crippen LogP contribution < -0.4 is 20.9 Å². The molecule has 2 heterocycles. The largest absolute Gasteiger partial charge is 0.366 e. The minimum absolute atomic E-state index is 0.0393. The van der Waals surface area contributed by atoms with Gasteiger partial charge in [0.15, 0.2) is 0 Å². The maximum atomic E-state index is 13.6. The second kappa shape index (κ2) is 11.0. The zero-order valence-corrected chi connectivity index (χ0v) is 23.6. The molecule has 3 amide bonds. The topological polar surface area (TPSA) is 93.8 Å². The number of carbonyl (C=O) groups excluding carboxylic acids is 3. The highest BCUT2D eigenvalue weighted by Gasteiger charge is 2.39. The number of rotatable bonds is 7. The fourth-order valence-corrected chi connectivity index (χ4v) is 5.61. The molecule has 8 heteroatoms. The lowest BCUT2D eigenvalue weighted by atomic mass is 9.99. The zero-order chi connectivity index (χ0) is 28.4. The van der Waals surface area contributed by atoms with Crippen LogP contribution >= 0.6 is 0 Å². The van der Waals surface area contributed by atoms with Gasteiger partial charge in [-0.1, -0.05) is 42.0 Å². The molecule has 3 aromatic rings. The van der Waals surface area contributed by atoms with Crippen molar-refractivity contribution in [3.63, 3.8) is 0 Å². The number of aryl methyl sites for hydroxylation is 1. The predicted molar refractivity (Wildman–Crippen MR) is 158 cm³/mol. The second-order valence-corrected chi connectivity index (χ2v) is 11.2. The average molecular weight is 540 g/mol. The van der Waals surface area contributed by atoms with Gasteiger partial charge in [-0.2, -0.15) is 0 Å². The summed E-state index contributed by atoms with van der Waals surface area (Å²) in [7, 11) is 1.62. The van der Waals surface area contributed by atoms with Crippen LogP contribution in [-0.4, -0.2) is 48.4 Å². The minimum atomic E-state index is -1.01. The summed E-state index contributed by atoms with van der Waals surface area (Å²) in [4.78, 5) is 42.6. The Morgan fingerprint density at radius 2 is 1.73 bits per heavy atom. The smallest absolute Gasteiger partial charge is 0.251 e. The van der Waals surface area contributed by atoms with Crippen molar-refractivity contribution in [2.24, 2.45) is 0 Å². The number of benzene rings is 3.